The molecule has 58 valence electrons. The summed E-state index contributed by atoms with van der Waals surface area (Å²) in [6.45, 7) is 3.38. The molecule has 0 aromatic heterocycles. The number of hydrogen-bond donors (Lipinski definition) is 2. The fraction of sp³-hybridized carbons (Fsp3) is 0.750. The Morgan fingerprint density at radius 2 is 1.30 bits per heavy atom. The molecule has 0 heterocycles. The predicted octanol–water partition coefficient (Wildman–Crippen LogP) is 0.532. The molecule has 0 saturated carbocycles. The topological polar surface area (TPSA) is 40.5 Å². The smallest absolute Gasteiger partial charge is 0.0621 e. The second kappa shape index (κ2) is 5.28. The van der Waals surface area contributed by atoms with Crippen LogP contribution in [-0.4, -0.2) is 22.4 Å². The van der Waals surface area contributed by atoms with Gasteiger partial charge in [-0.05, 0) is 13.8 Å². The van der Waals surface area contributed by atoms with Gasteiger partial charge in [0.25, 0.3) is 0 Å². The van der Waals surface area contributed by atoms with Crippen LogP contribution < -0.4 is 0 Å². The number of aliphatic hydroxyl groups excluding tert-OH is 2. The first-order chi connectivity index (χ1) is 4.63. The van der Waals surface area contributed by atoms with E-state index in [1.54, 1.807) is 13.8 Å². The van der Waals surface area contributed by atoms with E-state index in [0.717, 1.165) is 0 Å². The molecule has 0 amide bonds. The molecule has 0 saturated heterocycles. The maximum atomic E-state index is 8.75. The van der Waals surface area contributed by atoms with E-state index in [-0.39, 0.29) is 12.2 Å². The molecule has 2 nitrogen and oxygen atoms in total. The molecule has 0 aromatic rings. The van der Waals surface area contributed by atoms with Gasteiger partial charge in [-0.3, -0.25) is 0 Å². The van der Waals surface area contributed by atoms with E-state index >= 15 is 0 Å². The minimum Gasteiger partial charge on any atom is -0.392 e. The van der Waals surface area contributed by atoms with Gasteiger partial charge < -0.3 is 10.2 Å². The molecule has 2 heteroatoms. The fourth-order valence-electron chi connectivity index (χ4n) is 0.440. The average molecular weight is 142 g/mol. The Bertz CT molecular complexity index is 114. The minimum absolute atomic E-state index is 0.360. The van der Waals surface area contributed by atoms with Crippen molar-refractivity contribution in [3.05, 3.63) is 0 Å². The average Bonchev–Trinajstić information content (AvgIpc) is 1.79. The van der Waals surface area contributed by atoms with Crippen LogP contribution in [0.15, 0.2) is 0 Å². The van der Waals surface area contributed by atoms with Gasteiger partial charge >= 0.3 is 0 Å². The van der Waals surface area contributed by atoms with Gasteiger partial charge in [0.15, 0.2) is 0 Å². The molecule has 0 fully saturated rings. The Morgan fingerprint density at radius 1 is 1.00 bits per heavy atom. The Labute approximate surface area is 61.9 Å². The normalized spacial score (nSPS) is 15.2. The second-order valence-electron chi connectivity index (χ2n) is 2.46. The summed E-state index contributed by atoms with van der Waals surface area (Å²) in [5.41, 5.74) is 0. The molecule has 2 N–H and O–H groups in total. The van der Waals surface area contributed by atoms with E-state index in [1.165, 1.54) is 0 Å². The minimum atomic E-state index is -0.360. The Balaban J connectivity index is 3.32. The summed E-state index contributed by atoms with van der Waals surface area (Å²) in [6.07, 6.45) is 0.266. The lowest BCUT2D eigenvalue weighted by Crippen LogP contribution is -1.98. The van der Waals surface area contributed by atoms with Crippen LogP contribution in [0.25, 0.3) is 0 Å². The van der Waals surface area contributed by atoms with Gasteiger partial charge in [0.1, 0.15) is 0 Å². The standard InChI is InChI=1S/C8H14O2/c1-7(9)5-3-4-6-8(2)10/h7-10H,5-6H2,1-2H3. The first-order valence-corrected chi connectivity index (χ1v) is 3.44. The van der Waals surface area contributed by atoms with E-state index in [2.05, 4.69) is 11.8 Å². The molecule has 2 atom stereocenters. The van der Waals surface area contributed by atoms with Gasteiger partial charge in [-0.25, -0.2) is 0 Å². The van der Waals surface area contributed by atoms with Gasteiger partial charge in [0.2, 0.25) is 0 Å². The van der Waals surface area contributed by atoms with Crippen molar-refractivity contribution in [3.8, 4) is 11.8 Å². The van der Waals surface area contributed by atoms with E-state index in [0.29, 0.717) is 12.8 Å². The molecule has 10 heavy (non-hydrogen) atoms. The molecule has 0 aliphatic heterocycles. The lowest BCUT2D eigenvalue weighted by atomic mass is 10.2. The maximum Gasteiger partial charge on any atom is 0.0621 e. The van der Waals surface area contributed by atoms with Crippen molar-refractivity contribution in [1.82, 2.24) is 0 Å². The van der Waals surface area contributed by atoms with Gasteiger partial charge in [-0.2, -0.15) is 0 Å². The molecule has 0 spiro atoms. The summed E-state index contributed by atoms with van der Waals surface area (Å²) < 4.78 is 0. The van der Waals surface area contributed by atoms with Crippen molar-refractivity contribution in [3.63, 3.8) is 0 Å². The van der Waals surface area contributed by atoms with Crippen molar-refractivity contribution in [2.45, 2.75) is 38.9 Å². The number of rotatable bonds is 2. The van der Waals surface area contributed by atoms with Crippen LogP contribution in [0, 0.1) is 11.8 Å². The Morgan fingerprint density at radius 3 is 1.50 bits per heavy atom. The lowest BCUT2D eigenvalue weighted by Gasteiger charge is -1.94. The van der Waals surface area contributed by atoms with Gasteiger partial charge in [-0.15, -0.1) is 11.8 Å². The SMILES string of the molecule is CC(O)CC#CCC(C)O. The largest absolute Gasteiger partial charge is 0.392 e. The molecule has 0 aliphatic carbocycles. The van der Waals surface area contributed by atoms with Crippen LogP contribution in [-0.2, 0) is 0 Å². The molecule has 0 aromatic carbocycles. The van der Waals surface area contributed by atoms with Crippen LogP contribution in [0.2, 0.25) is 0 Å². The highest BCUT2D eigenvalue weighted by molar-refractivity contribution is 5.00. The molecule has 2 unspecified atom stereocenters. The van der Waals surface area contributed by atoms with E-state index in [9.17, 15) is 0 Å². The zero-order valence-electron chi connectivity index (χ0n) is 6.46. The first-order valence-electron chi connectivity index (χ1n) is 3.44. The van der Waals surface area contributed by atoms with Crippen LogP contribution in [0.3, 0.4) is 0 Å². The van der Waals surface area contributed by atoms with E-state index < -0.39 is 0 Å². The van der Waals surface area contributed by atoms with Gasteiger partial charge in [0, 0.05) is 12.8 Å². The summed E-state index contributed by atoms with van der Waals surface area (Å²) in [5, 5.41) is 17.5. The molecule has 0 aliphatic rings. The van der Waals surface area contributed by atoms with E-state index in [1.807, 2.05) is 0 Å². The number of aliphatic hydroxyl groups is 2. The third-order valence-electron chi connectivity index (χ3n) is 0.920. The third kappa shape index (κ3) is 7.48. The summed E-state index contributed by atoms with van der Waals surface area (Å²) in [5.74, 6) is 5.51. The van der Waals surface area contributed by atoms with Gasteiger partial charge in [-0.1, -0.05) is 0 Å². The molecule has 0 radical (unpaired) electrons. The van der Waals surface area contributed by atoms with Crippen LogP contribution >= 0.6 is 0 Å². The highest BCUT2D eigenvalue weighted by Crippen LogP contribution is 1.88. The van der Waals surface area contributed by atoms with E-state index in [4.69, 9.17) is 10.2 Å². The van der Waals surface area contributed by atoms with Crippen LogP contribution in [0.5, 0.6) is 0 Å². The molecule has 0 bridgehead atoms. The zero-order chi connectivity index (χ0) is 7.98. The van der Waals surface area contributed by atoms with Crippen LogP contribution in [0.4, 0.5) is 0 Å². The second-order valence-corrected chi connectivity index (χ2v) is 2.46. The Hall–Kier alpha value is -0.520. The van der Waals surface area contributed by atoms with Crippen molar-refractivity contribution in [2.24, 2.45) is 0 Å². The van der Waals surface area contributed by atoms with Crippen molar-refractivity contribution in [1.29, 1.82) is 0 Å². The summed E-state index contributed by atoms with van der Waals surface area (Å²) in [7, 11) is 0. The molecule has 0 rings (SSSR count). The maximum absolute atomic E-state index is 8.75. The van der Waals surface area contributed by atoms with Crippen molar-refractivity contribution < 1.29 is 10.2 Å². The predicted molar refractivity (Wildman–Crippen MR) is 40.4 cm³/mol. The van der Waals surface area contributed by atoms with Crippen molar-refractivity contribution >= 4 is 0 Å². The fourth-order valence-corrected chi connectivity index (χ4v) is 0.440. The third-order valence-corrected chi connectivity index (χ3v) is 0.920. The Kier molecular flexibility index (Phi) is 5.00. The highest BCUT2D eigenvalue weighted by Gasteiger charge is 1.90. The quantitative estimate of drug-likeness (QED) is 0.552. The highest BCUT2D eigenvalue weighted by atomic mass is 16.3. The molecular formula is C8H14O2. The van der Waals surface area contributed by atoms with Crippen LogP contribution in [0.1, 0.15) is 26.7 Å². The monoisotopic (exact) mass is 142 g/mol. The van der Waals surface area contributed by atoms with Crippen molar-refractivity contribution in [2.75, 3.05) is 0 Å². The number of hydrogen-bond acceptors (Lipinski definition) is 2. The first kappa shape index (κ1) is 9.48. The zero-order valence-corrected chi connectivity index (χ0v) is 6.46. The molecular weight excluding hydrogens is 128 g/mol. The summed E-state index contributed by atoms with van der Waals surface area (Å²) >= 11 is 0. The lowest BCUT2D eigenvalue weighted by molar-refractivity contribution is 0.198. The van der Waals surface area contributed by atoms with Gasteiger partial charge in [0.05, 0.1) is 12.2 Å². The summed E-state index contributed by atoms with van der Waals surface area (Å²) in [6, 6.07) is 0. The summed E-state index contributed by atoms with van der Waals surface area (Å²) in [4.78, 5) is 0.